The predicted octanol–water partition coefficient (Wildman–Crippen LogP) is 6.65. The standard InChI is InChI=1S/C31H22Cl3N5O5S2/c1-36-26-25(28(41)37(2)30(36)42)38(15-17-5-6-19(33)14-21(17)34)29(35-26)44-22-11-4-16(12-23(22)43-3)13-24-27(40)39(31(45)46-24)20-9-7-18(32)8-10-20/h4-14H,15H2,1-3H3/b24-13+. The number of benzene rings is 3. The Bertz CT molecular complexity index is 2230. The Kier molecular flexibility index (Phi) is 8.75. The van der Waals surface area contributed by atoms with Gasteiger partial charge in [-0.15, -0.1) is 0 Å². The lowest BCUT2D eigenvalue weighted by Gasteiger charge is -2.14. The van der Waals surface area contributed by atoms with E-state index >= 15 is 0 Å². The molecule has 3 aromatic carbocycles. The van der Waals surface area contributed by atoms with Crippen LogP contribution in [0.1, 0.15) is 11.1 Å². The summed E-state index contributed by atoms with van der Waals surface area (Å²) < 4.78 is 16.1. The summed E-state index contributed by atoms with van der Waals surface area (Å²) in [5.74, 6) is 0.333. The highest BCUT2D eigenvalue weighted by atomic mass is 35.5. The molecule has 3 heterocycles. The van der Waals surface area contributed by atoms with Gasteiger partial charge in [0.15, 0.2) is 27.0 Å². The van der Waals surface area contributed by atoms with Gasteiger partial charge in [-0.25, -0.2) is 4.79 Å². The van der Waals surface area contributed by atoms with Gasteiger partial charge in [0.05, 0.1) is 24.2 Å². The molecule has 15 heteroatoms. The lowest BCUT2D eigenvalue weighted by molar-refractivity contribution is -0.113. The van der Waals surface area contributed by atoms with Crippen molar-refractivity contribution in [3.05, 3.63) is 113 Å². The Morgan fingerprint density at radius 2 is 1.63 bits per heavy atom. The summed E-state index contributed by atoms with van der Waals surface area (Å²) in [5, 5.41) is 1.39. The maximum absolute atomic E-state index is 13.3. The molecule has 1 aliphatic heterocycles. The summed E-state index contributed by atoms with van der Waals surface area (Å²) in [6.07, 6.45) is 1.71. The molecule has 0 radical (unpaired) electrons. The molecule has 0 saturated carbocycles. The molecule has 0 atom stereocenters. The first kappa shape index (κ1) is 31.9. The molecule has 0 N–H and O–H groups in total. The van der Waals surface area contributed by atoms with Crippen molar-refractivity contribution in [3.8, 4) is 17.5 Å². The molecule has 0 spiro atoms. The number of fused-ring (bicyclic) bond motifs is 1. The van der Waals surface area contributed by atoms with Crippen molar-refractivity contribution in [2.75, 3.05) is 12.0 Å². The Hall–Kier alpha value is -4.07. The van der Waals surface area contributed by atoms with Crippen LogP contribution in [0, 0.1) is 0 Å². The minimum absolute atomic E-state index is 0.0224. The number of carbonyl (C=O) groups is 1. The Morgan fingerprint density at radius 1 is 0.913 bits per heavy atom. The SMILES string of the molecule is COc1cc(/C=C2/SC(=S)N(c3ccc(Cl)cc3)C2=O)ccc1Oc1nc2c(c(=O)n(C)c(=O)n2C)n1Cc1ccc(Cl)cc1Cl. The topological polar surface area (TPSA) is 101 Å². The minimum atomic E-state index is -0.552. The fraction of sp³-hybridized carbons (Fsp3) is 0.129. The number of aryl methyl sites for hydroxylation is 1. The second-order valence-electron chi connectivity index (χ2n) is 10.1. The lowest BCUT2D eigenvalue weighted by atomic mass is 10.2. The van der Waals surface area contributed by atoms with Crippen LogP contribution in [-0.2, 0) is 25.4 Å². The van der Waals surface area contributed by atoms with Crippen LogP contribution >= 0.6 is 58.8 Å². The van der Waals surface area contributed by atoms with Crippen LogP contribution in [0.5, 0.6) is 17.5 Å². The smallest absolute Gasteiger partial charge is 0.332 e. The van der Waals surface area contributed by atoms with Crippen LogP contribution in [0.25, 0.3) is 17.2 Å². The average molecular weight is 715 g/mol. The molecule has 234 valence electrons. The summed E-state index contributed by atoms with van der Waals surface area (Å²) in [6.45, 7) is 0.0884. The maximum Gasteiger partial charge on any atom is 0.332 e. The number of ether oxygens (including phenoxy) is 2. The van der Waals surface area contributed by atoms with Gasteiger partial charge in [0.2, 0.25) is 0 Å². The lowest BCUT2D eigenvalue weighted by Crippen LogP contribution is -2.37. The Labute approximate surface area is 286 Å². The number of carbonyl (C=O) groups excluding carboxylic acids is 1. The molecule has 6 rings (SSSR count). The van der Waals surface area contributed by atoms with E-state index in [0.717, 1.165) is 4.57 Å². The fourth-order valence-electron chi connectivity index (χ4n) is 4.86. The first-order chi connectivity index (χ1) is 22.0. The number of anilines is 1. The maximum atomic E-state index is 13.3. The number of imidazole rings is 1. The number of rotatable bonds is 7. The zero-order chi connectivity index (χ0) is 32.9. The molecule has 2 aromatic heterocycles. The fourth-order valence-corrected chi connectivity index (χ4v) is 6.75. The van der Waals surface area contributed by atoms with E-state index in [1.54, 1.807) is 71.3 Å². The summed E-state index contributed by atoms with van der Waals surface area (Å²) in [4.78, 5) is 45.7. The monoisotopic (exact) mass is 713 g/mol. The van der Waals surface area contributed by atoms with Gasteiger partial charge >= 0.3 is 11.7 Å². The number of hydrogen-bond donors (Lipinski definition) is 0. The molecule has 0 bridgehead atoms. The Balaban J connectivity index is 1.38. The number of amides is 1. The highest BCUT2D eigenvalue weighted by Gasteiger charge is 2.33. The van der Waals surface area contributed by atoms with Crippen molar-refractivity contribution in [2.24, 2.45) is 14.1 Å². The molecule has 5 aromatic rings. The molecule has 0 unspecified atom stereocenters. The number of thioether (sulfide) groups is 1. The normalized spacial score (nSPS) is 14.1. The molecule has 1 aliphatic rings. The Morgan fingerprint density at radius 3 is 2.33 bits per heavy atom. The van der Waals surface area contributed by atoms with E-state index in [9.17, 15) is 14.4 Å². The van der Waals surface area contributed by atoms with Gasteiger partial charge in [-0.3, -0.25) is 28.2 Å². The molecular formula is C31H22Cl3N5O5S2. The molecule has 10 nitrogen and oxygen atoms in total. The third-order valence-electron chi connectivity index (χ3n) is 7.22. The number of halogens is 3. The average Bonchev–Trinajstić information content (AvgIpc) is 3.52. The second-order valence-corrected chi connectivity index (χ2v) is 13.1. The quantitative estimate of drug-likeness (QED) is 0.137. The minimum Gasteiger partial charge on any atom is -0.493 e. The van der Waals surface area contributed by atoms with E-state index in [-0.39, 0.29) is 35.4 Å². The molecule has 0 aliphatic carbocycles. The van der Waals surface area contributed by atoms with Gasteiger partial charge in [0.1, 0.15) is 0 Å². The number of aromatic nitrogens is 4. The van der Waals surface area contributed by atoms with Crippen LogP contribution in [0.15, 0.2) is 75.2 Å². The van der Waals surface area contributed by atoms with E-state index in [1.807, 2.05) is 0 Å². The summed E-state index contributed by atoms with van der Waals surface area (Å²) in [7, 11) is 4.38. The zero-order valence-electron chi connectivity index (χ0n) is 24.3. The van der Waals surface area contributed by atoms with Gasteiger partial charge in [0, 0.05) is 29.2 Å². The van der Waals surface area contributed by atoms with Gasteiger partial charge in [-0.05, 0) is 65.7 Å². The van der Waals surface area contributed by atoms with Gasteiger partial charge in [0.25, 0.3) is 11.5 Å². The highest BCUT2D eigenvalue weighted by Crippen LogP contribution is 2.38. The zero-order valence-corrected chi connectivity index (χ0v) is 28.2. The van der Waals surface area contributed by atoms with Crippen LogP contribution < -0.4 is 25.6 Å². The van der Waals surface area contributed by atoms with Gasteiger partial charge in [-0.2, -0.15) is 4.98 Å². The van der Waals surface area contributed by atoms with E-state index in [2.05, 4.69) is 4.98 Å². The number of methoxy groups -OCH3 is 1. The van der Waals surface area contributed by atoms with E-state index in [1.165, 1.54) is 42.4 Å². The van der Waals surface area contributed by atoms with Crippen LogP contribution in [0.3, 0.4) is 0 Å². The highest BCUT2D eigenvalue weighted by molar-refractivity contribution is 8.27. The second kappa shape index (κ2) is 12.6. The van der Waals surface area contributed by atoms with Crippen LogP contribution in [-0.4, -0.2) is 36.0 Å². The van der Waals surface area contributed by atoms with Gasteiger partial charge in [-0.1, -0.05) is 70.9 Å². The number of hydrogen-bond acceptors (Lipinski definition) is 8. The first-order valence-electron chi connectivity index (χ1n) is 13.5. The molecule has 1 fully saturated rings. The molecule has 1 saturated heterocycles. The van der Waals surface area contributed by atoms with E-state index in [4.69, 9.17) is 56.5 Å². The van der Waals surface area contributed by atoms with Crippen molar-refractivity contribution in [1.29, 1.82) is 0 Å². The van der Waals surface area contributed by atoms with Gasteiger partial charge < -0.3 is 9.47 Å². The van der Waals surface area contributed by atoms with Crippen molar-refractivity contribution >= 4 is 91.9 Å². The summed E-state index contributed by atoms with van der Waals surface area (Å²) in [5.41, 5.74) is 1.09. The third-order valence-corrected chi connectivity index (χ3v) is 9.36. The van der Waals surface area contributed by atoms with E-state index in [0.29, 0.717) is 46.9 Å². The number of nitrogens with zero attached hydrogens (tertiary/aromatic N) is 5. The van der Waals surface area contributed by atoms with Crippen molar-refractivity contribution in [3.63, 3.8) is 0 Å². The molecular weight excluding hydrogens is 693 g/mol. The molecule has 1 amide bonds. The largest absolute Gasteiger partial charge is 0.493 e. The summed E-state index contributed by atoms with van der Waals surface area (Å²) >= 11 is 25.2. The van der Waals surface area contributed by atoms with Crippen molar-refractivity contribution < 1.29 is 14.3 Å². The van der Waals surface area contributed by atoms with Crippen molar-refractivity contribution in [2.45, 2.75) is 6.54 Å². The summed E-state index contributed by atoms with van der Waals surface area (Å²) in [6, 6.07) is 17.0. The molecule has 46 heavy (non-hydrogen) atoms. The number of thiocarbonyl (C=S) groups is 1. The first-order valence-corrected chi connectivity index (χ1v) is 15.8. The van der Waals surface area contributed by atoms with Crippen molar-refractivity contribution in [1.82, 2.24) is 18.7 Å². The van der Waals surface area contributed by atoms with E-state index < -0.39 is 11.2 Å². The predicted molar refractivity (Wildman–Crippen MR) is 186 cm³/mol. The van der Waals surface area contributed by atoms with Crippen LogP contribution in [0.4, 0.5) is 5.69 Å². The van der Waals surface area contributed by atoms with Crippen LogP contribution in [0.2, 0.25) is 15.1 Å². The third kappa shape index (κ3) is 5.82.